The van der Waals surface area contributed by atoms with Crippen LogP contribution in [0.25, 0.3) is 0 Å². The summed E-state index contributed by atoms with van der Waals surface area (Å²) in [5.74, 6) is 1.01. The molecule has 1 aromatic heterocycles. The minimum atomic E-state index is 0.519. The van der Waals surface area contributed by atoms with Gasteiger partial charge in [0, 0.05) is 6.42 Å². The highest BCUT2D eigenvalue weighted by molar-refractivity contribution is 7.80. The summed E-state index contributed by atoms with van der Waals surface area (Å²) in [6.07, 6.45) is 3.30. The number of thiocarbonyl (C=S) groups is 1. The van der Waals surface area contributed by atoms with Crippen LogP contribution < -0.4 is 0 Å². The monoisotopic (exact) mass is 226 g/mol. The molecule has 0 aliphatic carbocycles. The number of nitrogens with zero attached hydrogens (tertiary/aromatic N) is 1. The third-order valence-corrected chi connectivity index (χ3v) is 2.50. The van der Waals surface area contributed by atoms with Crippen molar-refractivity contribution in [3.63, 3.8) is 0 Å². The number of ether oxygens (including phenoxy) is 1. The summed E-state index contributed by atoms with van der Waals surface area (Å²) < 4.78 is 5.29. The Hall–Kier alpha value is -0.900. The fourth-order valence-electron chi connectivity index (χ4n) is 1.39. The van der Waals surface area contributed by atoms with Gasteiger partial charge in [0.05, 0.1) is 12.3 Å². The van der Waals surface area contributed by atoms with E-state index in [2.05, 4.69) is 16.9 Å². The fraction of sp³-hybridized carbons (Fsp3) is 0.636. The lowest BCUT2D eigenvalue weighted by molar-refractivity contribution is 0.336. The molecule has 1 rings (SSSR count). The first-order valence-corrected chi connectivity index (χ1v) is 5.82. The molecule has 84 valence electrons. The number of rotatable bonds is 5. The summed E-state index contributed by atoms with van der Waals surface area (Å²) >= 11 is 5.14. The Kier molecular flexibility index (Phi) is 4.75. The van der Waals surface area contributed by atoms with Gasteiger partial charge in [-0.15, -0.1) is 0 Å². The van der Waals surface area contributed by atoms with Gasteiger partial charge in [-0.05, 0) is 32.5 Å². The molecule has 1 N–H and O–H groups in total. The molecule has 4 heteroatoms. The second-order valence-electron chi connectivity index (χ2n) is 3.47. The van der Waals surface area contributed by atoms with Gasteiger partial charge < -0.3 is 9.72 Å². The van der Waals surface area contributed by atoms with Crippen LogP contribution in [-0.2, 0) is 11.2 Å². The third kappa shape index (κ3) is 3.30. The number of nitrogens with one attached hydrogen (secondary N) is 1. The zero-order valence-corrected chi connectivity index (χ0v) is 10.4. The summed E-state index contributed by atoms with van der Waals surface area (Å²) in [6.45, 7) is 6.64. The molecule has 15 heavy (non-hydrogen) atoms. The number of aryl methyl sites for hydroxylation is 2. The molecule has 0 spiro atoms. The number of imidazole rings is 1. The van der Waals surface area contributed by atoms with Crippen molar-refractivity contribution in [2.75, 3.05) is 6.61 Å². The number of aromatic nitrogens is 2. The number of H-pyrrole nitrogens is 1. The fourth-order valence-corrected chi connectivity index (χ4v) is 1.70. The lowest BCUT2D eigenvalue weighted by Gasteiger charge is -2.02. The van der Waals surface area contributed by atoms with Crippen molar-refractivity contribution in [1.82, 2.24) is 9.97 Å². The van der Waals surface area contributed by atoms with Gasteiger partial charge in [-0.25, -0.2) is 4.98 Å². The summed E-state index contributed by atoms with van der Waals surface area (Å²) in [7, 11) is 0. The van der Waals surface area contributed by atoms with E-state index in [0.717, 1.165) is 30.1 Å². The maximum Gasteiger partial charge on any atom is 0.209 e. The SMILES string of the molecule is CCCCc1nc(C)c(C(=S)OCC)[nH]1. The van der Waals surface area contributed by atoms with Crippen LogP contribution in [0.2, 0.25) is 0 Å². The first-order valence-electron chi connectivity index (χ1n) is 5.41. The van der Waals surface area contributed by atoms with E-state index in [1.54, 1.807) is 0 Å². The zero-order valence-electron chi connectivity index (χ0n) is 9.59. The molecule has 1 heterocycles. The van der Waals surface area contributed by atoms with Crippen LogP contribution in [0.1, 0.15) is 43.9 Å². The molecule has 0 amide bonds. The van der Waals surface area contributed by atoms with Crippen molar-refractivity contribution in [3.8, 4) is 0 Å². The molecule has 0 aliphatic rings. The molecule has 3 nitrogen and oxygen atoms in total. The van der Waals surface area contributed by atoms with Crippen LogP contribution in [0.5, 0.6) is 0 Å². The summed E-state index contributed by atoms with van der Waals surface area (Å²) in [5, 5.41) is 0.519. The van der Waals surface area contributed by atoms with Crippen LogP contribution in [0, 0.1) is 6.92 Å². The van der Waals surface area contributed by atoms with E-state index in [4.69, 9.17) is 17.0 Å². The van der Waals surface area contributed by atoms with E-state index < -0.39 is 0 Å². The molecule has 0 aromatic carbocycles. The molecule has 0 aliphatic heterocycles. The second-order valence-corrected chi connectivity index (χ2v) is 3.84. The smallest absolute Gasteiger partial charge is 0.209 e. The molecule has 1 aromatic rings. The Morgan fingerprint density at radius 3 is 2.80 bits per heavy atom. The lowest BCUT2D eigenvalue weighted by Crippen LogP contribution is -2.05. The molecule has 0 fully saturated rings. The highest BCUT2D eigenvalue weighted by atomic mass is 32.1. The van der Waals surface area contributed by atoms with Gasteiger partial charge in [0.25, 0.3) is 0 Å². The minimum Gasteiger partial charge on any atom is -0.482 e. The van der Waals surface area contributed by atoms with Gasteiger partial charge in [0.1, 0.15) is 11.5 Å². The van der Waals surface area contributed by atoms with Crippen LogP contribution in [0.3, 0.4) is 0 Å². The highest BCUT2D eigenvalue weighted by Gasteiger charge is 2.11. The van der Waals surface area contributed by atoms with Crippen molar-refractivity contribution in [2.45, 2.75) is 40.0 Å². The van der Waals surface area contributed by atoms with Crippen molar-refractivity contribution in [1.29, 1.82) is 0 Å². The normalized spacial score (nSPS) is 10.3. The molecular weight excluding hydrogens is 208 g/mol. The molecule has 0 unspecified atom stereocenters. The Morgan fingerprint density at radius 1 is 1.47 bits per heavy atom. The van der Waals surface area contributed by atoms with Crippen molar-refractivity contribution >= 4 is 17.3 Å². The number of unbranched alkanes of at least 4 members (excludes halogenated alkanes) is 1. The topological polar surface area (TPSA) is 37.9 Å². The van der Waals surface area contributed by atoms with E-state index in [1.165, 1.54) is 6.42 Å². The van der Waals surface area contributed by atoms with Crippen molar-refractivity contribution in [3.05, 3.63) is 17.2 Å². The average Bonchev–Trinajstić information content (AvgIpc) is 2.57. The number of hydrogen-bond acceptors (Lipinski definition) is 3. The van der Waals surface area contributed by atoms with Gasteiger partial charge in [0.15, 0.2) is 0 Å². The Labute approximate surface area is 96.3 Å². The predicted molar refractivity (Wildman–Crippen MR) is 65.3 cm³/mol. The third-order valence-electron chi connectivity index (χ3n) is 2.18. The molecule has 0 saturated carbocycles. The summed E-state index contributed by atoms with van der Waals surface area (Å²) in [5.41, 5.74) is 1.79. The van der Waals surface area contributed by atoms with E-state index in [1.807, 2.05) is 13.8 Å². The van der Waals surface area contributed by atoms with Crippen LogP contribution >= 0.6 is 12.2 Å². The largest absolute Gasteiger partial charge is 0.482 e. The van der Waals surface area contributed by atoms with Gasteiger partial charge in [-0.1, -0.05) is 13.3 Å². The van der Waals surface area contributed by atoms with Crippen LogP contribution in [0.15, 0.2) is 0 Å². The van der Waals surface area contributed by atoms with Crippen LogP contribution in [0.4, 0.5) is 0 Å². The highest BCUT2D eigenvalue weighted by Crippen LogP contribution is 2.09. The average molecular weight is 226 g/mol. The molecule has 0 radical (unpaired) electrons. The lowest BCUT2D eigenvalue weighted by atomic mass is 10.2. The van der Waals surface area contributed by atoms with E-state index >= 15 is 0 Å². The Bertz CT molecular complexity index is 333. The maximum atomic E-state index is 5.29. The van der Waals surface area contributed by atoms with E-state index in [9.17, 15) is 0 Å². The molecule has 0 atom stereocenters. The van der Waals surface area contributed by atoms with Crippen molar-refractivity contribution < 1.29 is 4.74 Å². The van der Waals surface area contributed by atoms with E-state index in [0.29, 0.717) is 11.7 Å². The zero-order chi connectivity index (χ0) is 11.3. The number of aromatic amines is 1. The van der Waals surface area contributed by atoms with Gasteiger partial charge >= 0.3 is 0 Å². The van der Waals surface area contributed by atoms with Gasteiger partial charge in [-0.2, -0.15) is 0 Å². The van der Waals surface area contributed by atoms with E-state index in [-0.39, 0.29) is 0 Å². The maximum absolute atomic E-state index is 5.29. The summed E-state index contributed by atoms with van der Waals surface area (Å²) in [6, 6.07) is 0. The quantitative estimate of drug-likeness (QED) is 0.784. The molecule has 0 bridgehead atoms. The molecular formula is C11H18N2OS. The van der Waals surface area contributed by atoms with Gasteiger partial charge in [-0.3, -0.25) is 0 Å². The summed E-state index contributed by atoms with van der Waals surface area (Å²) in [4.78, 5) is 7.65. The molecule has 0 saturated heterocycles. The van der Waals surface area contributed by atoms with Crippen LogP contribution in [-0.4, -0.2) is 21.6 Å². The van der Waals surface area contributed by atoms with Gasteiger partial charge in [0.2, 0.25) is 5.05 Å². The second kappa shape index (κ2) is 5.85. The van der Waals surface area contributed by atoms with Crippen molar-refractivity contribution in [2.24, 2.45) is 0 Å². The first-order chi connectivity index (χ1) is 7.19. The predicted octanol–water partition coefficient (Wildman–Crippen LogP) is 2.77. The number of hydrogen-bond donors (Lipinski definition) is 1. The minimum absolute atomic E-state index is 0.519. The Morgan fingerprint density at radius 2 is 2.20 bits per heavy atom. The first kappa shape index (κ1) is 12.2. The Balaban J connectivity index is 2.72. The standard InChI is InChI=1S/C11H18N2OS/c1-4-6-7-9-12-8(3)10(13-9)11(15)14-5-2/h4-7H2,1-3H3,(H,12,13).